The van der Waals surface area contributed by atoms with Crippen molar-refractivity contribution in [2.75, 3.05) is 5.32 Å². The third kappa shape index (κ3) is 2.31. The molecule has 2 rings (SSSR count). The van der Waals surface area contributed by atoms with Crippen molar-refractivity contribution >= 4 is 39.9 Å². The Kier molecular flexibility index (Phi) is 2.88. The SMILES string of the molecule is NC(=S)Nc1cccc2ncc(C(=O)O)cc12. The van der Waals surface area contributed by atoms with E-state index >= 15 is 0 Å². The maximum Gasteiger partial charge on any atom is 0.337 e. The van der Waals surface area contributed by atoms with Crippen LogP contribution in [0.4, 0.5) is 5.69 Å². The molecule has 17 heavy (non-hydrogen) atoms. The highest BCUT2D eigenvalue weighted by Crippen LogP contribution is 2.22. The molecule has 0 radical (unpaired) electrons. The number of aromatic nitrogens is 1. The lowest BCUT2D eigenvalue weighted by atomic mass is 10.1. The van der Waals surface area contributed by atoms with Crippen LogP contribution >= 0.6 is 12.2 Å². The molecule has 1 heterocycles. The van der Waals surface area contributed by atoms with Gasteiger partial charge in [-0.2, -0.15) is 0 Å². The van der Waals surface area contributed by atoms with Crippen LogP contribution in [0.15, 0.2) is 30.5 Å². The van der Waals surface area contributed by atoms with Crippen LogP contribution in [0.25, 0.3) is 10.9 Å². The lowest BCUT2D eigenvalue weighted by Crippen LogP contribution is -2.19. The average Bonchev–Trinajstić information content (AvgIpc) is 2.28. The van der Waals surface area contributed by atoms with Crippen LogP contribution < -0.4 is 11.1 Å². The number of nitrogens with one attached hydrogen (secondary N) is 1. The predicted octanol–water partition coefficient (Wildman–Crippen LogP) is 1.59. The molecule has 0 fully saturated rings. The molecule has 0 spiro atoms. The van der Waals surface area contributed by atoms with Crippen molar-refractivity contribution in [3.63, 3.8) is 0 Å². The van der Waals surface area contributed by atoms with Crippen molar-refractivity contribution in [2.45, 2.75) is 0 Å². The lowest BCUT2D eigenvalue weighted by molar-refractivity contribution is 0.0696. The van der Waals surface area contributed by atoms with E-state index < -0.39 is 5.97 Å². The summed E-state index contributed by atoms with van der Waals surface area (Å²) < 4.78 is 0. The van der Waals surface area contributed by atoms with Crippen LogP contribution in [0.1, 0.15) is 10.4 Å². The molecule has 1 aromatic carbocycles. The van der Waals surface area contributed by atoms with Crippen LogP contribution in [0, 0.1) is 0 Å². The third-order valence-electron chi connectivity index (χ3n) is 2.23. The number of carboxylic acid groups (broad SMARTS) is 1. The Balaban J connectivity index is 2.63. The number of anilines is 1. The summed E-state index contributed by atoms with van der Waals surface area (Å²) in [6.07, 6.45) is 1.31. The summed E-state index contributed by atoms with van der Waals surface area (Å²) in [6.45, 7) is 0. The Morgan fingerprint density at radius 2 is 2.24 bits per heavy atom. The number of rotatable bonds is 2. The second-order valence-corrected chi connectivity index (χ2v) is 3.83. The van der Waals surface area contributed by atoms with Crippen LogP contribution in [-0.2, 0) is 0 Å². The minimum atomic E-state index is -1.02. The molecular formula is C11H9N3O2S. The van der Waals surface area contributed by atoms with Gasteiger partial charge < -0.3 is 16.2 Å². The molecule has 0 aliphatic carbocycles. The zero-order valence-electron chi connectivity index (χ0n) is 8.68. The summed E-state index contributed by atoms with van der Waals surface area (Å²) in [5.74, 6) is -1.02. The van der Waals surface area contributed by atoms with Gasteiger partial charge >= 0.3 is 5.97 Å². The maximum absolute atomic E-state index is 10.9. The summed E-state index contributed by atoms with van der Waals surface area (Å²) >= 11 is 4.75. The average molecular weight is 247 g/mol. The fourth-order valence-corrected chi connectivity index (χ4v) is 1.62. The molecule has 6 heteroatoms. The Morgan fingerprint density at radius 1 is 1.47 bits per heavy atom. The van der Waals surface area contributed by atoms with Crippen molar-refractivity contribution in [3.8, 4) is 0 Å². The standard InChI is InChI=1S/C11H9N3O2S/c12-11(17)14-9-3-1-2-8-7(9)4-6(5-13-8)10(15)16/h1-5H,(H,15,16)(H3,12,14,17). The fourth-order valence-electron chi connectivity index (χ4n) is 1.51. The van der Waals surface area contributed by atoms with Gasteiger partial charge in [0.25, 0.3) is 0 Å². The normalized spacial score (nSPS) is 10.1. The van der Waals surface area contributed by atoms with Gasteiger partial charge in [-0.1, -0.05) is 6.07 Å². The molecule has 0 aliphatic heterocycles. The number of nitrogens with two attached hydrogens (primary N) is 1. The maximum atomic E-state index is 10.9. The fraction of sp³-hybridized carbons (Fsp3) is 0. The van der Waals surface area contributed by atoms with Crippen molar-refractivity contribution in [1.29, 1.82) is 0 Å². The van der Waals surface area contributed by atoms with Crippen LogP contribution in [0.5, 0.6) is 0 Å². The number of thiocarbonyl (C=S) groups is 1. The molecule has 0 unspecified atom stereocenters. The van der Waals surface area contributed by atoms with E-state index in [-0.39, 0.29) is 10.7 Å². The third-order valence-corrected chi connectivity index (χ3v) is 2.33. The van der Waals surface area contributed by atoms with Gasteiger partial charge in [0.2, 0.25) is 0 Å². The second kappa shape index (κ2) is 4.34. The van der Waals surface area contributed by atoms with Gasteiger partial charge in [0.15, 0.2) is 5.11 Å². The minimum absolute atomic E-state index is 0.120. The van der Waals surface area contributed by atoms with Gasteiger partial charge in [0.1, 0.15) is 0 Å². The molecule has 0 bridgehead atoms. The molecule has 2 aromatic rings. The van der Waals surface area contributed by atoms with Crippen molar-refractivity contribution in [2.24, 2.45) is 5.73 Å². The van der Waals surface area contributed by atoms with Crippen LogP contribution in [0.3, 0.4) is 0 Å². The molecule has 5 nitrogen and oxygen atoms in total. The highest BCUT2D eigenvalue weighted by atomic mass is 32.1. The number of hydrogen-bond acceptors (Lipinski definition) is 3. The number of carbonyl (C=O) groups is 1. The van der Waals surface area contributed by atoms with Crippen molar-refractivity contribution < 1.29 is 9.90 Å². The van der Waals surface area contributed by atoms with Gasteiger partial charge in [-0.3, -0.25) is 4.98 Å². The molecule has 0 aliphatic rings. The monoisotopic (exact) mass is 247 g/mol. The van der Waals surface area contributed by atoms with Crippen LogP contribution in [-0.4, -0.2) is 21.2 Å². The first-order valence-corrected chi connectivity index (χ1v) is 5.17. The minimum Gasteiger partial charge on any atom is -0.478 e. The van der Waals surface area contributed by atoms with Crippen LogP contribution in [0.2, 0.25) is 0 Å². The molecule has 0 saturated heterocycles. The molecular weight excluding hydrogens is 238 g/mol. The molecule has 0 saturated carbocycles. The largest absolute Gasteiger partial charge is 0.478 e. The number of carboxylic acids is 1. The van der Waals surface area contributed by atoms with Gasteiger partial charge in [-0.15, -0.1) is 0 Å². The summed E-state index contributed by atoms with van der Waals surface area (Å²) in [7, 11) is 0. The van der Waals surface area contributed by atoms with E-state index in [1.165, 1.54) is 12.3 Å². The smallest absolute Gasteiger partial charge is 0.337 e. The van der Waals surface area contributed by atoms with Gasteiger partial charge in [-0.05, 0) is 30.4 Å². The number of nitrogens with zero attached hydrogens (tertiary/aromatic N) is 1. The van der Waals surface area contributed by atoms with E-state index in [2.05, 4.69) is 10.3 Å². The number of fused-ring (bicyclic) bond motifs is 1. The summed E-state index contributed by atoms with van der Waals surface area (Å²) in [5.41, 5.74) is 6.84. The second-order valence-electron chi connectivity index (χ2n) is 3.39. The molecule has 1 aromatic heterocycles. The molecule has 0 amide bonds. The van der Waals surface area contributed by atoms with Crippen molar-refractivity contribution in [3.05, 3.63) is 36.0 Å². The summed E-state index contributed by atoms with van der Waals surface area (Å²) in [4.78, 5) is 14.9. The Labute approximate surface area is 102 Å². The molecule has 4 N–H and O–H groups in total. The first-order valence-electron chi connectivity index (χ1n) is 4.76. The number of pyridine rings is 1. The Bertz CT molecular complexity index is 613. The Hall–Kier alpha value is -2.21. The predicted molar refractivity (Wildman–Crippen MR) is 69.1 cm³/mol. The summed E-state index contributed by atoms with van der Waals surface area (Å²) in [6, 6.07) is 6.86. The zero-order valence-corrected chi connectivity index (χ0v) is 9.49. The van der Waals surface area contributed by atoms with Gasteiger partial charge in [-0.25, -0.2) is 4.79 Å². The number of benzene rings is 1. The lowest BCUT2D eigenvalue weighted by Gasteiger charge is -2.07. The highest BCUT2D eigenvalue weighted by Gasteiger charge is 2.07. The van der Waals surface area contributed by atoms with E-state index in [1.54, 1.807) is 18.2 Å². The van der Waals surface area contributed by atoms with Crippen molar-refractivity contribution in [1.82, 2.24) is 4.98 Å². The van der Waals surface area contributed by atoms with E-state index in [4.69, 9.17) is 23.1 Å². The first-order chi connectivity index (χ1) is 8.08. The quantitative estimate of drug-likeness (QED) is 0.698. The van der Waals surface area contributed by atoms with E-state index in [9.17, 15) is 4.79 Å². The first kappa shape index (κ1) is 11.3. The zero-order chi connectivity index (χ0) is 12.4. The Morgan fingerprint density at radius 3 is 2.88 bits per heavy atom. The topological polar surface area (TPSA) is 88.2 Å². The number of hydrogen-bond donors (Lipinski definition) is 3. The number of aromatic carboxylic acids is 1. The molecule has 0 atom stereocenters. The van der Waals surface area contributed by atoms with Gasteiger partial charge in [0, 0.05) is 17.3 Å². The van der Waals surface area contributed by atoms with Gasteiger partial charge in [0.05, 0.1) is 11.1 Å². The molecule has 86 valence electrons. The van der Waals surface area contributed by atoms with E-state index in [1.807, 2.05) is 0 Å². The van der Waals surface area contributed by atoms with E-state index in [0.29, 0.717) is 16.6 Å². The summed E-state index contributed by atoms with van der Waals surface area (Å²) in [5, 5.41) is 12.5. The van der Waals surface area contributed by atoms with E-state index in [0.717, 1.165) is 0 Å². The highest BCUT2D eigenvalue weighted by molar-refractivity contribution is 7.80.